The van der Waals surface area contributed by atoms with E-state index in [1.54, 1.807) is 11.3 Å². The minimum absolute atomic E-state index is 0.128. The Labute approximate surface area is 164 Å². The van der Waals surface area contributed by atoms with Crippen molar-refractivity contribution < 1.29 is 12.8 Å². The summed E-state index contributed by atoms with van der Waals surface area (Å²) in [6.07, 6.45) is 2.18. The van der Waals surface area contributed by atoms with Gasteiger partial charge < -0.3 is 10.6 Å². The molecule has 0 amide bonds. The fourth-order valence-electron chi connectivity index (χ4n) is 2.55. The van der Waals surface area contributed by atoms with Gasteiger partial charge >= 0.3 is 0 Å². The van der Waals surface area contributed by atoms with E-state index in [2.05, 4.69) is 34.7 Å². The first-order chi connectivity index (χ1) is 12.8. The van der Waals surface area contributed by atoms with Crippen molar-refractivity contribution in [1.29, 1.82) is 0 Å². The van der Waals surface area contributed by atoms with Gasteiger partial charge in [-0.15, -0.1) is 11.3 Å². The zero-order valence-electron chi connectivity index (χ0n) is 15.9. The molecule has 2 N–H and O–H groups in total. The Hall–Kier alpha value is -1.93. The second kappa shape index (κ2) is 9.85. The van der Waals surface area contributed by atoms with E-state index in [1.165, 1.54) is 34.2 Å². The summed E-state index contributed by atoms with van der Waals surface area (Å²) in [5.74, 6) is 0.0801. The predicted octanol–water partition coefficient (Wildman–Crippen LogP) is 3.25. The number of aliphatic imine (C=N–C) groups is 1. The van der Waals surface area contributed by atoms with Gasteiger partial charge in [0.05, 0.1) is 18.8 Å². The third-order valence-electron chi connectivity index (χ3n) is 3.83. The van der Waals surface area contributed by atoms with Gasteiger partial charge in [0.15, 0.2) is 15.8 Å². The Morgan fingerprint density at radius 3 is 2.48 bits per heavy atom. The number of hydrogen-bond donors (Lipinski definition) is 2. The summed E-state index contributed by atoms with van der Waals surface area (Å²) in [5.41, 5.74) is 1.14. The van der Waals surface area contributed by atoms with Crippen molar-refractivity contribution in [3.05, 3.63) is 57.0 Å². The van der Waals surface area contributed by atoms with Gasteiger partial charge in [0.1, 0.15) is 5.82 Å². The number of halogens is 1. The molecule has 27 heavy (non-hydrogen) atoms. The first-order valence-corrected chi connectivity index (χ1v) is 11.7. The van der Waals surface area contributed by atoms with Gasteiger partial charge in [-0.25, -0.2) is 17.8 Å². The third-order valence-corrected chi connectivity index (χ3v) is 5.90. The number of nitrogens with zero attached hydrogens (tertiary/aromatic N) is 1. The summed E-state index contributed by atoms with van der Waals surface area (Å²) >= 11 is 1.76. The summed E-state index contributed by atoms with van der Waals surface area (Å²) in [4.78, 5) is 7.04. The van der Waals surface area contributed by atoms with Crippen LogP contribution in [0, 0.1) is 5.82 Å². The van der Waals surface area contributed by atoms with Crippen LogP contribution in [0.1, 0.15) is 34.7 Å². The first-order valence-electron chi connectivity index (χ1n) is 8.85. The van der Waals surface area contributed by atoms with Crippen LogP contribution >= 0.6 is 11.3 Å². The van der Waals surface area contributed by atoms with E-state index in [-0.39, 0.29) is 12.3 Å². The Morgan fingerprint density at radius 1 is 1.11 bits per heavy atom. The smallest absolute Gasteiger partial charge is 0.191 e. The maximum Gasteiger partial charge on any atom is 0.191 e. The summed E-state index contributed by atoms with van der Waals surface area (Å²) in [6, 6.07) is 8.35. The van der Waals surface area contributed by atoms with Crippen LogP contribution < -0.4 is 10.6 Å². The molecule has 0 radical (unpaired) electrons. The van der Waals surface area contributed by atoms with E-state index < -0.39 is 15.7 Å². The van der Waals surface area contributed by atoms with Gasteiger partial charge in [0.2, 0.25) is 0 Å². The highest BCUT2D eigenvalue weighted by atomic mass is 32.2. The van der Waals surface area contributed by atoms with Gasteiger partial charge in [-0.05, 0) is 48.7 Å². The molecule has 1 aromatic heterocycles. The number of thiophene rings is 1. The van der Waals surface area contributed by atoms with E-state index in [1.807, 2.05) is 6.92 Å². The van der Waals surface area contributed by atoms with Crippen molar-refractivity contribution in [2.75, 3.05) is 12.8 Å². The van der Waals surface area contributed by atoms with E-state index >= 15 is 0 Å². The van der Waals surface area contributed by atoms with Crippen molar-refractivity contribution in [3.8, 4) is 0 Å². The zero-order valence-corrected chi connectivity index (χ0v) is 17.5. The third kappa shape index (κ3) is 7.30. The largest absolute Gasteiger partial charge is 0.357 e. The molecule has 0 unspecified atom stereocenters. The Bertz CT molecular complexity index is 892. The molecule has 0 fully saturated rings. The summed E-state index contributed by atoms with van der Waals surface area (Å²) in [5, 5.41) is 6.42. The molecule has 0 bridgehead atoms. The first kappa shape index (κ1) is 21.4. The van der Waals surface area contributed by atoms with Crippen molar-refractivity contribution in [1.82, 2.24) is 10.6 Å². The van der Waals surface area contributed by atoms with Gasteiger partial charge in [0.25, 0.3) is 0 Å². The van der Waals surface area contributed by atoms with Crippen LogP contribution in [0.5, 0.6) is 0 Å². The number of nitrogens with one attached hydrogen (secondary N) is 2. The number of guanidine groups is 1. The number of sulfone groups is 1. The monoisotopic (exact) mass is 411 g/mol. The molecule has 2 rings (SSSR count). The highest BCUT2D eigenvalue weighted by Gasteiger charge is 2.11. The van der Waals surface area contributed by atoms with Crippen LogP contribution in [-0.2, 0) is 35.1 Å². The minimum atomic E-state index is -3.21. The predicted molar refractivity (Wildman–Crippen MR) is 110 cm³/mol. The average molecular weight is 412 g/mol. The van der Waals surface area contributed by atoms with Crippen LogP contribution in [0.3, 0.4) is 0 Å². The lowest BCUT2D eigenvalue weighted by atomic mass is 10.1. The quantitative estimate of drug-likeness (QED) is 0.517. The maximum atomic E-state index is 13.6. The lowest BCUT2D eigenvalue weighted by Gasteiger charge is -2.12. The standard InChI is InChI=1S/C19H26FN3O2S2/c1-4-17-8-9-18(26-17)12-23-19(21-5-2)22-11-15-10-16(20)7-6-14(15)13-27(3,24)25/h6-10H,4-5,11-13H2,1-3H3,(H2,21,22,23). The number of hydrogen-bond acceptors (Lipinski definition) is 4. The fraction of sp³-hybridized carbons (Fsp3) is 0.421. The van der Waals surface area contributed by atoms with Gasteiger partial charge in [-0.3, -0.25) is 0 Å². The van der Waals surface area contributed by atoms with E-state index in [4.69, 9.17) is 0 Å². The Morgan fingerprint density at radius 2 is 1.85 bits per heavy atom. The zero-order chi connectivity index (χ0) is 19.9. The highest BCUT2D eigenvalue weighted by molar-refractivity contribution is 7.89. The van der Waals surface area contributed by atoms with Crippen LogP contribution in [0.4, 0.5) is 4.39 Å². The fourth-order valence-corrected chi connectivity index (χ4v) is 4.29. The second-order valence-corrected chi connectivity index (χ2v) is 9.65. The lowest BCUT2D eigenvalue weighted by molar-refractivity contribution is 0.600. The van der Waals surface area contributed by atoms with Crippen LogP contribution in [0.25, 0.3) is 0 Å². The molecule has 0 aliphatic heterocycles. The van der Waals surface area contributed by atoms with E-state index in [0.717, 1.165) is 6.42 Å². The average Bonchev–Trinajstić information content (AvgIpc) is 3.06. The van der Waals surface area contributed by atoms with Crippen LogP contribution in [0.2, 0.25) is 0 Å². The molecule has 1 aromatic carbocycles. The van der Waals surface area contributed by atoms with E-state index in [9.17, 15) is 12.8 Å². The van der Waals surface area contributed by atoms with Gasteiger partial charge in [-0.1, -0.05) is 13.0 Å². The van der Waals surface area contributed by atoms with Crippen LogP contribution in [0.15, 0.2) is 35.3 Å². The summed E-state index contributed by atoms with van der Waals surface area (Å²) < 4.78 is 36.9. The molecular weight excluding hydrogens is 385 g/mol. The van der Waals surface area contributed by atoms with Gasteiger partial charge in [0, 0.05) is 22.6 Å². The molecule has 0 saturated carbocycles. The second-order valence-electron chi connectivity index (χ2n) is 6.25. The molecule has 5 nitrogen and oxygen atoms in total. The van der Waals surface area contributed by atoms with Crippen molar-refractivity contribution in [2.24, 2.45) is 4.99 Å². The topological polar surface area (TPSA) is 70.6 Å². The molecule has 0 spiro atoms. The summed E-state index contributed by atoms with van der Waals surface area (Å²) in [7, 11) is -3.21. The minimum Gasteiger partial charge on any atom is -0.357 e. The molecule has 0 atom stereocenters. The van der Waals surface area contributed by atoms with Crippen molar-refractivity contribution in [3.63, 3.8) is 0 Å². The van der Waals surface area contributed by atoms with Gasteiger partial charge in [-0.2, -0.15) is 0 Å². The van der Waals surface area contributed by atoms with Crippen molar-refractivity contribution >= 4 is 27.1 Å². The van der Waals surface area contributed by atoms with E-state index in [0.29, 0.717) is 30.2 Å². The normalized spacial score (nSPS) is 12.2. The molecular formula is C19H26FN3O2S2. The molecule has 2 aromatic rings. The number of rotatable bonds is 8. The summed E-state index contributed by atoms with van der Waals surface area (Å²) in [6.45, 7) is 5.63. The Balaban J connectivity index is 2.12. The SMILES string of the molecule is CCNC(=NCc1cc(F)ccc1CS(C)(=O)=O)NCc1ccc(CC)s1. The molecule has 148 valence electrons. The van der Waals surface area contributed by atoms with Crippen molar-refractivity contribution in [2.45, 2.75) is 39.1 Å². The Kier molecular flexibility index (Phi) is 7.79. The molecule has 0 saturated heterocycles. The molecule has 0 aliphatic carbocycles. The lowest BCUT2D eigenvalue weighted by Crippen LogP contribution is -2.36. The maximum absolute atomic E-state index is 13.6. The highest BCUT2D eigenvalue weighted by Crippen LogP contribution is 2.17. The molecule has 1 heterocycles. The molecule has 8 heteroatoms. The number of benzene rings is 1. The molecule has 0 aliphatic rings. The van der Waals surface area contributed by atoms with Crippen LogP contribution in [-0.4, -0.2) is 27.2 Å². The number of aryl methyl sites for hydroxylation is 1.